The summed E-state index contributed by atoms with van der Waals surface area (Å²) in [7, 11) is 0. The van der Waals surface area contributed by atoms with Gasteiger partial charge in [0.1, 0.15) is 0 Å². The first kappa shape index (κ1) is 18.5. The van der Waals surface area contributed by atoms with Crippen molar-refractivity contribution < 1.29 is 9.59 Å². The molecule has 0 atom stereocenters. The van der Waals surface area contributed by atoms with Gasteiger partial charge in [0.25, 0.3) is 0 Å². The molecule has 5 nitrogen and oxygen atoms in total. The van der Waals surface area contributed by atoms with E-state index in [2.05, 4.69) is 17.9 Å². The van der Waals surface area contributed by atoms with Crippen molar-refractivity contribution in [2.45, 2.75) is 34.1 Å². The van der Waals surface area contributed by atoms with Crippen molar-refractivity contribution in [2.24, 2.45) is 0 Å². The maximum atomic E-state index is 12.5. The summed E-state index contributed by atoms with van der Waals surface area (Å²) in [6, 6.07) is 6.08. The van der Waals surface area contributed by atoms with Crippen LogP contribution in [0, 0.1) is 13.8 Å². The molecule has 1 aliphatic rings. The third kappa shape index (κ3) is 4.81. The van der Waals surface area contributed by atoms with Crippen molar-refractivity contribution in [3.05, 3.63) is 29.3 Å². The van der Waals surface area contributed by atoms with Crippen molar-refractivity contribution in [3.63, 3.8) is 0 Å². The van der Waals surface area contributed by atoms with E-state index in [1.54, 1.807) is 11.8 Å². The highest BCUT2D eigenvalue weighted by Crippen LogP contribution is 2.19. The van der Waals surface area contributed by atoms with Gasteiger partial charge in [-0.2, -0.15) is 0 Å². The first-order valence-corrected chi connectivity index (χ1v) is 8.77. The number of anilines is 1. The monoisotopic (exact) mass is 331 g/mol. The van der Waals surface area contributed by atoms with Gasteiger partial charge in [-0.3, -0.25) is 9.59 Å². The number of piperazine rings is 1. The minimum absolute atomic E-state index is 0.0244. The van der Waals surface area contributed by atoms with Gasteiger partial charge in [-0.05, 0) is 43.7 Å². The lowest BCUT2D eigenvalue weighted by Gasteiger charge is -2.34. The average Bonchev–Trinajstić information content (AvgIpc) is 2.53. The van der Waals surface area contributed by atoms with Crippen LogP contribution in [0.5, 0.6) is 0 Å². The van der Waals surface area contributed by atoms with Crippen molar-refractivity contribution in [1.29, 1.82) is 0 Å². The Morgan fingerprint density at radius 3 is 2.12 bits per heavy atom. The Hall–Kier alpha value is -1.88. The fourth-order valence-corrected chi connectivity index (χ4v) is 3.25. The van der Waals surface area contributed by atoms with Crippen LogP contribution in [-0.4, -0.2) is 60.9 Å². The number of carbonyl (C=O) groups excluding carboxylic acids is 2. The van der Waals surface area contributed by atoms with E-state index in [4.69, 9.17) is 0 Å². The van der Waals surface area contributed by atoms with Crippen LogP contribution in [0.15, 0.2) is 18.2 Å². The minimum atomic E-state index is -0.0244. The fourth-order valence-electron chi connectivity index (χ4n) is 3.25. The maximum Gasteiger partial charge on any atom is 0.224 e. The number of rotatable bonds is 5. The molecule has 2 rings (SSSR count). The number of benzene rings is 1. The van der Waals surface area contributed by atoms with Gasteiger partial charge in [0.05, 0.1) is 0 Å². The molecular weight excluding hydrogens is 302 g/mol. The molecule has 0 bridgehead atoms. The summed E-state index contributed by atoms with van der Waals surface area (Å²) in [4.78, 5) is 30.5. The van der Waals surface area contributed by atoms with Gasteiger partial charge in [-0.15, -0.1) is 0 Å². The van der Waals surface area contributed by atoms with E-state index in [0.717, 1.165) is 49.5 Å². The lowest BCUT2D eigenvalue weighted by molar-refractivity contribution is -0.132. The second-order valence-corrected chi connectivity index (χ2v) is 6.58. The van der Waals surface area contributed by atoms with Crippen LogP contribution in [0.25, 0.3) is 0 Å². The van der Waals surface area contributed by atoms with E-state index in [0.29, 0.717) is 13.0 Å². The largest absolute Gasteiger partial charge is 0.340 e. The predicted octanol–water partition coefficient (Wildman–Crippen LogP) is 2.21. The fraction of sp³-hybridized carbons (Fsp3) is 0.579. The highest BCUT2D eigenvalue weighted by Gasteiger charge is 2.21. The van der Waals surface area contributed by atoms with E-state index in [-0.39, 0.29) is 11.8 Å². The number of aryl methyl sites for hydroxylation is 2. The molecule has 1 aromatic rings. The van der Waals surface area contributed by atoms with Crippen molar-refractivity contribution in [1.82, 2.24) is 9.80 Å². The zero-order valence-electron chi connectivity index (χ0n) is 15.3. The molecule has 1 aromatic carbocycles. The Bertz CT molecular complexity index is 572. The van der Waals surface area contributed by atoms with Gasteiger partial charge in [-0.25, -0.2) is 0 Å². The lowest BCUT2D eigenvalue weighted by atomic mass is 10.1. The number of carbonyl (C=O) groups is 2. The third-order valence-electron chi connectivity index (χ3n) is 4.62. The molecule has 0 N–H and O–H groups in total. The molecule has 132 valence electrons. The normalized spacial score (nSPS) is 15.4. The van der Waals surface area contributed by atoms with Crippen LogP contribution in [-0.2, 0) is 9.59 Å². The smallest absolute Gasteiger partial charge is 0.224 e. The first-order valence-electron chi connectivity index (χ1n) is 8.77. The summed E-state index contributed by atoms with van der Waals surface area (Å²) in [5.41, 5.74) is 3.13. The highest BCUT2D eigenvalue weighted by atomic mass is 16.2. The molecule has 2 amide bonds. The SMILES string of the molecule is CCN1CCN(C(=O)CCN(C(C)=O)c2cc(C)cc(C)c2)CC1. The second kappa shape index (κ2) is 8.29. The number of hydrogen-bond acceptors (Lipinski definition) is 3. The van der Waals surface area contributed by atoms with Crippen LogP contribution in [0.2, 0.25) is 0 Å². The van der Waals surface area contributed by atoms with Crippen LogP contribution in [0.3, 0.4) is 0 Å². The molecule has 1 fully saturated rings. The van der Waals surface area contributed by atoms with Gasteiger partial charge in [0, 0.05) is 51.8 Å². The van der Waals surface area contributed by atoms with E-state index >= 15 is 0 Å². The molecule has 5 heteroatoms. The summed E-state index contributed by atoms with van der Waals surface area (Å²) in [5.74, 6) is 0.116. The summed E-state index contributed by atoms with van der Waals surface area (Å²) in [5, 5.41) is 0. The van der Waals surface area contributed by atoms with Crippen LogP contribution in [0.4, 0.5) is 5.69 Å². The molecular formula is C19H29N3O2. The molecule has 1 aliphatic heterocycles. The zero-order chi connectivity index (χ0) is 17.7. The number of nitrogens with zero attached hydrogens (tertiary/aromatic N) is 3. The lowest BCUT2D eigenvalue weighted by Crippen LogP contribution is -2.49. The topological polar surface area (TPSA) is 43.9 Å². The average molecular weight is 331 g/mol. The number of amides is 2. The molecule has 24 heavy (non-hydrogen) atoms. The van der Waals surface area contributed by atoms with Gasteiger partial charge >= 0.3 is 0 Å². The quantitative estimate of drug-likeness (QED) is 0.831. The van der Waals surface area contributed by atoms with Crippen molar-refractivity contribution in [3.8, 4) is 0 Å². The van der Waals surface area contributed by atoms with Gasteiger partial charge in [-0.1, -0.05) is 13.0 Å². The Balaban J connectivity index is 1.96. The zero-order valence-corrected chi connectivity index (χ0v) is 15.3. The molecule has 0 aliphatic carbocycles. The second-order valence-electron chi connectivity index (χ2n) is 6.58. The third-order valence-corrected chi connectivity index (χ3v) is 4.62. The summed E-state index contributed by atoms with van der Waals surface area (Å²) >= 11 is 0. The Morgan fingerprint density at radius 1 is 1.04 bits per heavy atom. The Morgan fingerprint density at radius 2 is 1.62 bits per heavy atom. The predicted molar refractivity (Wildman–Crippen MR) is 97.3 cm³/mol. The van der Waals surface area contributed by atoms with E-state index < -0.39 is 0 Å². The van der Waals surface area contributed by atoms with Crippen LogP contribution < -0.4 is 4.90 Å². The number of hydrogen-bond donors (Lipinski definition) is 0. The standard InChI is InChI=1S/C19H29N3O2/c1-5-20-8-10-21(11-9-20)19(24)6-7-22(17(4)23)18-13-15(2)12-16(3)14-18/h12-14H,5-11H2,1-4H3. The molecule has 0 spiro atoms. The first-order chi connectivity index (χ1) is 11.4. The molecule has 0 saturated carbocycles. The number of likely N-dealkylation sites (N-methyl/N-ethyl adjacent to an activating group) is 1. The summed E-state index contributed by atoms with van der Waals surface area (Å²) < 4.78 is 0. The minimum Gasteiger partial charge on any atom is -0.340 e. The Kier molecular flexibility index (Phi) is 6.37. The molecule has 0 unspecified atom stereocenters. The molecule has 0 radical (unpaired) electrons. The van der Waals surface area contributed by atoms with E-state index in [9.17, 15) is 9.59 Å². The maximum absolute atomic E-state index is 12.5. The van der Waals surface area contributed by atoms with E-state index in [1.165, 1.54) is 0 Å². The molecule has 0 aromatic heterocycles. The van der Waals surface area contributed by atoms with Crippen LogP contribution >= 0.6 is 0 Å². The van der Waals surface area contributed by atoms with Gasteiger partial charge in [0.15, 0.2) is 0 Å². The van der Waals surface area contributed by atoms with Gasteiger partial charge in [0.2, 0.25) is 11.8 Å². The highest BCUT2D eigenvalue weighted by molar-refractivity contribution is 5.92. The molecule has 1 saturated heterocycles. The Labute approximate surface area is 145 Å². The summed E-state index contributed by atoms with van der Waals surface area (Å²) in [6.45, 7) is 12.7. The molecule has 1 heterocycles. The van der Waals surface area contributed by atoms with Crippen molar-refractivity contribution in [2.75, 3.05) is 44.2 Å². The van der Waals surface area contributed by atoms with E-state index in [1.807, 2.05) is 30.9 Å². The van der Waals surface area contributed by atoms with Crippen molar-refractivity contribution >= 4 is 17.5 Å². The summed E-state index contributed by atoms with van der Waals surface area (Å²) in [6.07, 6.45) is 0.374. The van der Waals surface area contributed by atoms with Crippen LogP contribution in [0.1, 0.15) is 31.4 Å². The van der Waals surface area contributed by atoms with Gasteiger partial charge < -0.3 is 14.7 Å².